The van der Waals surface area contributed by atoms with Crippen LogP contribution in [0, 0.1) is 10.1 Å². The third-order valence-electron chi connectivity index (χ3n) is 2.30. The van der Waals surface area contributed by atoms with Gasteiger partial charge in [-0.2, -0.15) is 0 Å². The van der Waals surface area contributed by atoms with Crippen LogP contribution >= 0.6 is 15.9 Å². The lowest BCUT2D eigenvalue weighted by Gasteiger charge is -2.28. The van der Waals surface area contributed by atoms with Gasteiger partial charge in [-0.25, -0.2) is 0 Å². The van der Waals surface area contributed by atoms with Crippen molar-refractivity contribution in [3.8, 4) is 0 Å². The average Bonchev–Trinajstić information content (AvgIpc) is 2.12. The summed E-state index contributed by atoms with van der Waals surface area (Å²) in [5.41, 5.74) is 0.686. The van der Waals surface area contributed by atoms with Crippen LogP contribution in [0.4, 0.5) is 11.4 Å². The molecule has 0 amide bonds. The van der Waals surface area contributed by atoms with Gasteiger partial charge < -0.3 is 10.6 Å². The lowest BCUT2D eigenvalue weighted by atomic mass is 10.1. The Morgan fingerprint density at radius 2 is 2.27 bits per heavy atom. The summed E-state index contributed by atoms with van der Waals surface area (Å²) in [6.07, 6.45) is 0. The van der Waals surface area contributed by atoms with E-state index in [0.29, 0.717) is 16.2 Å². The molecule has 15 heavy (non-hydrogen) atoms. The molecule has 0 aromatic heterocycles. The van der Waals surface area contributed by atoms with Gasteiger partial charge in [0.1, 0.15) is 5.69 Å². The van der Waals surface area contributed by atoms with E-state index >= 15 is 0 Å². The number of nitro groups is 1. The van der Waals surface area contributed by atoms with E-state index in [4.69, 9.17) is 0 Å². The number of nitrogens with one attached hydrogen (secondary N) is 2. The summed E-state index contributed by atoms with van der Waals surface area (Å²) in [7, 11) is 0. The van der Waals surface area contributed by atoms with Gasteiger partial charge in [0.2, 0.25) is 0 Å². The highest BCUT2D eigenvalue weighted by molar-refractivity contribution is 9.10. The largest absolute Gasteiger partial charge is 0.374 e. The Bertz CT molecular complexity index is 393. The molecule has 80 valence electrons. The number of hydrogen-bond acceptors (Lipinski definition) is 4. The molecule has 1 saturated heterocycles. The minimum Gasteiger partial charge on any atom is -0.374 e. The lowest BCUT2D eigenvalue weighted by molar-refractivity contribution is -0.384. The monoisotopic (exact) mass is 271 g/mol. The van der Waals surface area contributed by atoms with Crippen molar-refractivity contribution in [1.82, 2.24) is 5.32 Å². The van der Waals surface area contributed by atoms with Crippen LogP contribution in [0.25, 0.3) is 0 Å². The summed E-state index contributed by atoms with van der Waals surface area (Å²) < 4.78 is 0.714. The third-order valence-corrected chi connectivity index (χ3v) is 2.79. The molecule has 6 heteroatoms. The number of hydrogen-bond donors (Lipinski definition) is 2. The molecule has 1 aromatic carbocycles. The molecule has 0 atom stereocenters. The SMILES string of the molecule is O=[N+]([O-])c1cc(Br)ccc1NC1CNC1. The van der Waals surface area contributed by atoms with Crippen LogP contribution in [0.15, 0.2) is 22.7 Å². The summed E-state index contributed by atoms with van der Waals surface area (Å²) in [4.78, 5) is 10.4. The minimum absolute atomic E-state index is 0.108. The van der Waals surface area contributed by atoms with Crippen LogP contribution in [-0.4, -0.2) is 24.1 Å². The smallest absolute Gasteiger partial charge is 0.293 e. The van der Waals surface area contributed by atoms with Gasteiger partial charge in [0.15, 0.2) is 0 Å². The molecule has 2 rings (SSSR count). The zero-order chi connectivity index (χ0) is 10.8. The highest BCUT2D eigenvalue weighted by Gasteiger charge is 2.21. The number of nitrogens with zero attached hydrogens (tertiary/aromatic N) is 1. The van der Waals surface area contributed by atoms with Crippen molar-refractivity contribution in [1.29, 1.82) is 0 Å². The molecule has 1 heterocycles. The maximum absolute atomic E-state index is 10.8. The maximum Gasteiger partial charge on any atom is 0.293 e. The van der Waals surface area contributed by atoms with E-state index in [9.17, 15) is 10.1 Å². The first kappa shape index (κ1) is 10.4. The standard InChI is InChI=1S/C9H10BrN3O2/c10-6-1-2-8(9(3-6)13(14)15)12-7-4-11-5-7/h1-3,7,11-12H,4-5H2. The van der Waals surface area contributed by atoms with Crippen LogP contribution in [0.3, 0.4) is 0 Å². The first-order valence-corrected chi connectivity index (χ1v) is 5.37. The Morgan fingerprint density at radius 3 is 2.80 bits per heavy atom. The van der Waals surface area contributed by atoms with Crippen LogP contribution in [-0.2, 0) is 0 Å². The van der Waals surface area contributed by atoms with E-state index in [-0.39, 0.29) is 10.6 Å². The van der Waals surface area contributed by atoms with Gasteiger partial charge in [0.05, 0.1) is 11.0 Å². The summed E-state index contributed by atoms with van der Waals surface area (Å²) in [5, 5.41) is 17.0. The van der Waals surface area contributed by atoms with E-state index in [1.807, 2.05) is 0 Å². The van der Waals surface area contributed by atoms with Gasteiger partial charge in [-0.15, -0.1) is 0 Å². The van der Waals surface area contributed by atoms with E-state index in [2.05, 4.69) is 26.6 Å². The van der Waals surface area contributed by atoms with Crippen molar-refractivity contribution in [2.75, 3.05) is 18.4 Å². The number of nitro benzene ring substituents is 1. The predicted octanol–water partition coefficient (Wildman–Crippen LogP) is 1.74. The van der Waals surface area contributed by atoms with Crippen LogP contribution in [0.1, 0.15) is 0 Å². The van der Waals surface area contributed by atoms with Crippen LogP contribution in [0.2, 0.25) is 0 Å². The zero-order valence-corrected chi connectivity index (χ0v) is 9.45. The van der Waals surface area contributed by atoms with Crippen molar-refractivity contribution in [2.24, 2.45) is 0 Å². The highest BCUT2D eigenvalue weighted by atomic mass is 79.9. The average molecular weight is 272 g/mol. The Hall–Kier alpha value is -1.14. The van der Waals surface area contributed by atoms with Crippen molar-refractivity contribution in [2.45, 2.75) is 6.04 Å². The molecular formula is C9H10BrN3O2. The molecule has 1 aliphatic rings. The molecule has 1 fully saturated rings. The molecule has 1 aliphatic heterocycles. The van der Waals surface area contributed by atoms with Gasteiger partial charge in [0.25, 0.3) is 5.69 Å². The fraction of sp³-hybridized carbons (Fsp3) is 0.333. The van der Waals surface area contributed by atoms with Crippen molar-refractivity contribution < 1.29 is 4.92 Å². The predicted molar refractivity (Wildman–Crippen MR) is 61.1 cm³/mol. The molecule has 2 N–H and O–H groups in total. The highest BCUT2D eigenvalue weighted by Crippen LogP contribution is 2.28. The van der Waals surface area contributed by atoms with Gasteiger partial charge in [-0.05, 0) is 12.1 Å². The number of halogens is 1. The first-order chi connectivity index (χ1) is 7.16. The Kier molecular flexibility index (Phi) is 2.88. The number of anilines is 1. The van der Waals surface area contributed by atoms with Crippen molar-refractivity contribution >= 4 is 27.3 Å². The van der Waals surface area contributed by atoms with Gasteiger partial charge in [0, 0.05) is 23.6 Å². The Labute approximate surface area is 95.1 Å². The quantitative estimate of drug-likeness (QED) is 0.649. The van der Waals surface area contributed by atoms with Gasteiger partial charge in [-0.3, -0.25) is 10.1 Å². The summed E-state index contributed by atoms with van der Waals surface area (Å²) in [6, 6.07) is 5.32. The minimum atomic E-state index is -0.376. The molecule has 0 aliphatic carbocycles. The van der Waals surface area contributed by atoms with Gasteiger partial charge in [-0.1, -0.05) is 15.9 Å². The van der Waals surface area contributed by atoms with Crippen LogP contribution in [0.5, 0.6) is 0 Å². The second-order valence-electron chi connectivity index (χ2n) is 3.42. The molecular weight excluding hydrogens is 262 g/mol. The Balaban J connectivity index is 2.23. The van der Waals surface area contributed by atoms with E-state index in [1.54, 1.807) is 12.1 Å². The van der Waals surface area contributed by atoms with Crippen LogP contribution < -0.4 is 10.6 Å². The fourth-order valence-electron chi connectivity index (χ4n) is 1.39. The second kappa shape index (κ2) is 4.16. The number of rotatable bonds is 3. The topological polar surface area (TPSA) is 67.2 Å². The third kappa shape index (κ3) is 2.27. The summed E-state index contributed by atoms with van der Waals surface area (Å²) in [5.74, 6) is 0. The lowest BCUT2D eigenvalue weighted by Crippen LogP contribution is -2.51. The molecule has 0 spiro atoms. The van der Waals surface area contributed by atoms with E-state index < -0.39 is 0 Å². The summed E-state index contributed by atoms with van der Waals surface area (Å²) >= 11 is 3.22. The molecule has 0 saturated carbocycles. The van der Waals surface area contributed by atoms with E-state index in [0.717, 1.165) is 13.1 Å². The maximum atomic E-state index is 10.8. The molecule has 0 radical (unpaired) electrons. The molecule has 0 unspecified atom stereocenters. The van der Waals surface area contributed by atoms with Crippen molar-refractivity contribution in [3.05, 3.63) is 32.8 Å². The van der Waals surface area contributed by atoms with E-state index in [1.165, 1.54) is 6.07 Å². The Morgan fingerprint density at radius 1 is 1.53 bits per heavy atom. The normalized spacial score (nSPS) is 15.8. The summed E-state index contributed by atoms with van der Waals surface area (Å²) in [6.45, 7) is 1.71. The molecule has 5 nitrogen and oxygen atoms in total. The molecule has 0 bridgehead atoms. The molecule has 1 aromatic rings. The van der Waals surface area contributed by atoms with Crippen molar-refractivity contribution in [3.63, 3.8) is 0 Å². The number of benzene rings is 1. The fourth-order valence-corrected chi connectivity index (χ4v) is 1.74. The van der Waals surface area contributed by atoms with Gasteiger partial charge >= 0.3 is 0 Å². The zero-order valence-electron chi connectivity index (χ0n) is 7.87. The first-order valence-electron chi connectivity index (χ1n) is 4.58. The second-order valence-corrected chi connectivity index (χ2v) is 4.33.